The molecule has 1 heterocycles. The molecule has 0 aromatic carbocycles. The van der Waals surface area contributed by atoms with Crippen molar-refractivity contribution in [3.05, 3.63) is 0 Å². The van der Waals surface area contributed by atoms with Gasteiger partial charge in [0.15, 0.2) is 0 Å². The van der Waals surface area contributed by atoms with Gasteiger partial charge in [0.25, 0.3) is 0 Å². The molecule has 0 radical (unpaired) electrons. The molecule has 1 saturated heterocycles. The summed E-state index contributed by atoms with van der Waals surface area (Å²) in [5.74, 6) is -1.11. The number of nitrogens with zero attached hydrogens (tertiary/aromatic N) is 1. The summed E-state index contributed by atoms with van der Waals surface area (Å²) in [6.45, 7) is 2.99. The SMILES string of the molecule is CC(N)CCCC(=O)N1CCC[C@H](C(=O)O)C1. The highest BCUT2D eigenvalue weighted by Crippen LogP contribution is 2.17. The molecule has 1 aliphatic rings. The third-order valence-electron chi connectivity index (χ3n) is 3.17. The average molecular weight is 242 g/mol. The minimum atomic E-state index is -0.793. The smallest absolute Gasteiger partial charge is 0.308 e. The van der Waals surface area contributed by atoms with E-state index in [9.17, 15) is 9.59 Å². The minimum Gasteiger partial charge on any atom is -0.481 e. The molecule has 0 saturated carbocycles. The number of rotatable bonds is 5. The van der Waals surface area contributed by atoms with Crippen LogP contribution >= 0.6 is 0 Å². The summed E-state index contributed by atoms with van der Waals surface area (Å²) in [5.41, 5.74) is 5.62. The van der Waals surface area contributed by atoms with Crippen LogP contribution in [0.15, 0.2) is 0 Å². The van der Waals surface area contributed by atoms with Gasteiger partial charge < -0.3 is 15.7 Å². The number of hydrogen-bond acceptors (Lipinski definition) is 3. The van der Waals surface area contributed by atoms with E-state index < -0.39 is 5.97 Å². The molecule has 17 heavy (non-hydrogen) atoms. The third kappa shape index (κ3) is 4.73. The summed E-state index contributed by atoms with van der Waals surface area (Å²) < 4.78 is 0. The largest absolute Gasteiger partial charge is 0.481 e. The number of carbonyl (C=O) groups is 2. The van der Waals surface area contributed by atoms with Gasteiger partial charge in [0, 0.05) is 25.6 Å². The Labute approximate surface area is 102 Å². The molecular formula is C12H22N2O3. The van der Waals surface area contributed by atoms with Crippen LogP contribution in [0.2, 0.25) is 0 Å². The van der Waals surface area contributed by atoms with Crippen molar-refractivity contribution in [1.29, 1.82) is 0 Å². The number of likely N-dealkylation sites (tertiary alicyclic amines) is 1. The summed E-state index contributed by atoms with van der Waals surface area (Å²) in [6.07, 6.45) is 3.56. The van der Waals surface area contributed by atoms with E-state index in [1.165, 1.54) is 0 Å². The van der Waals surface area contributed by atoms with Crippen LogP contribution in [0, 0.1) is 5.92 Å². The molecule has 98 valence electrons. The second-order valence-electron chi connectivity index (χ2n) is 4.89. The van der Waals surface area contributed by atoms with Crippen LogP contribution in [0.5, 0.6) is 0 Å². The number of nitrogens with two attached hydrogens (primary N) is 1. The fraction of sp³-hybridized carbons (Fsp3) is 0.833. The lowest BCUT2D eigenvalue weighted by Gasteiger charge is -2.30. The first kappa shape index (κ1) is 14.0. The molecule has 1 rings (SSSR count). The van der Waals surface area contributed by atoms with Gasteiger partial charge in [-0.15, -0.1) is 0 Å². The standard InChI is InChI=1S/C12H22N2O3/c1-9(13)4-2-6-11(15)14-7-3-5-10(8-14)12(16)17/h9-10H,2-8,13H2,1H3,(H,16,17)/t9?,10-/m0/s1. The number of carboxylic acids is 1. The maximum absolute atomic E-state index is 11.8. The lowest BCUT2D eigenvalue weighted by atomic mass is 9.98. The van der Waals surface area contributed by atoms with Crippen molar-refractivity contribution >= 4 is 11.9 Å². The van der Waals surface area contributed by atoms with Gasteiger partial charge in [0.05, 0.1) is 5.92 Å². The molecule has 0 aliphatic carbocycles. The number of hydrogen-bond donors (Lipinski definition) is 2. The van der Waals surface area contributed by atoms with E-state index in [4.69, 9.17) is 10.8 Å². The molecular weight excluding hydrogens is 220 g/mol. The quantitative estimate of drug-likeness (QED) is 0.748. The monoisotopic (exact) mass is 242 g/mol. The number of carbonyl (C=O) groups excluding carboxylic acids is 1. The van der Waals surface area contributed by atoms with E-state index in [2.05, 4.69) is 0 Å². The van der Waals surface area contributed by atoms with Crippen LogP contribution in [0.3, 0.4) is 0 Å². The first-order valence-corrected chi connectivity index (χ1v) is 6.27. The Bertz CT molecular complexity index is 279. The van der Waals surface area contributed by atoms with Gasteiger partial charge in [-0.2, -0.15) is 0 Å². The molecule has 0 aromatic rings. The van der Waals surface area contributed by atoms with Crippen LogP contribution in [-0.2, 0) is 9.59 Å². The maximum atomic E-state index is 11.8. The predicted octanol–water partition coefficient (Wildman–Crippen LogP) is 0.827. The summed E-state index contributed by atoms with van der Waals surface area (Å²) in [5, 5.41) is 8.93. The fourth-order valence-corrected chi connectivity index (χ4v) is 2.14. The minimum absolute atomic E-state index is 0.0663. The summed E-state index contributed by atoms with van der Waals surface area (Å²) in [7, 11) is 0. The van der Waals surface area contributed by atoms with E-state index in [-0.39, 0.29) is 17.9 Å². The van der Waals surface area contributed by atoms with Crippen LogP contribution in [0.4, 0.5) is 0 Å². The Morgan fingerprint density at radius 2 is 2.24 bits per heavy atom. The van der Waals surface area contributed by atoms with Crippen LogP contribution < -0.4 is 5.73 Å². The Hall–Kier alpha value is -1.10. The second-order valence-corrected chi connectivity index (χ2v) is 4.89. The Balaban J connectivity index is 2.33. The Morgan fingerprint density at radius 3 is 2.82 bits per heavy atom. The van der Waals surface area contributed by atoms with Crippen molar-refractivity contribution in [2.45, 2.75) is 45.1 Å². The first-order chi connectivity index (χ1) is 8.00. The Kier molecular flexibility index (Phi) is 5.41. The van der Waals surface area contributed by atoms with Gasteiger partial charge in [-0.1, -0.05) is 0 Å². The van der Waals surface area contributed by atoms with Gasteiger partial charge >= 0.3 is 5.97 Å². The number of aliphatic carboxylic acids is 1. The normalized spacial score (nSPS) is 22.2. The molecule has 3 N–H and O–H groups in total. The molecule has 5 heteroatoms. The number of carboxylic acid groups (broad SMARTS) is 1. The number of amides is 1. The predicted molar refractivity (Wildman–Crippen MR) is 64.4 cm³/mol. The number of piperidine rings is 1. The van der Waals surface area contributed by atoms with Crippen molar-refractivity contribution < 1.29 is 14.7 Å². The van der Waals surface area contributed by atoms with Gasteiger partial charge in [-0.3, -0.25) is 9.59 Å². The van der Waals surface area contributed by atoms with E-state index in [1.807, 2.05) is 6.92 Å². The molecule has 5 nitrogen and oxygen atoms in total. The van der Waals surface area contributed by atoms with E-state index in [1.54, 1.807) is 4.90 Å². The fourth-order valence-electron chi connectivity index (χ4n) is 2.14. The zero-order valence-corrected chi connectivity index (χ0v) is 10.4. The molecule has 0 aromatic heterocycles. The molecule has 1 unspecified atom stereocenters. The van der Waals surface area contributed by atoms with Crippen LogP contribution in [0.25, 0.3) is 0 Å². The highest BCUT2D eigenvalue weighted by atomic mass is 16.4. The van der Waals surface area contributed by atoms with Gasteiger partial charge in [-0.05, 0) is 32.6 Å². The van der Waals surface area contributed by atoms with Crippen LogP contribution in [0.1, 0.15) is 39.0 Å². The first-order valence-electron chi connectivity index (χ1n) is 6.27. The zero-order chi connectivity index (χ0) is 12.8. The topological polar surface area (TPSA) is 83.6 Å². The van der Waals surface area contributed by atoms with Crippen molar-refractivity contribution in [3.8, 4) is 0 Å². The molecule has 1 amide bonds. The molecule has 1 aliphatic heterocycles. The molecule has 1 fully saturated rings. The second kappa shape index (κ2) is 6.59. The van der Waals surface area contributed by atoms with E-state index in [0.717, 1.165) is 19.3 Å². The average Bonchev–Trinajstić information content (AvgIpc) is 2.28. The van der Waals surface area contributed by atoms with Crippen molar-refractivity contribution in [1.82, 2.24) is 4.90 Å². The summed E-state index contributed by atoms with van der Waals surface area (Å²) in [4.78, 5) is 24.4. The molecule has 0 spiro atoms. The zero-order valence-electron chi connectivity index (χ0n) is 10.4. The van der Waals surface area contributed by atoms with E-state index >= 15 is 0 Å². The van der Waals surface area contributed by atoms with Gasteiger partial charge in [-0.25, -0.2) is 0 Å². The lowest BCUT2D eigenvalue weighted by Crippen LogP contribution is -2.42. The highest BCUT2D eigenvalue weighted by Gasteiger charge is 2.27. The van der Waals surface area contributed by atoms with Crippen LogP contribution in [-0.4, -0.2) is 41.0 Å². The van der Waals surface area contributed by atoms with Crippen molar-refractivity contribution in [2.75, 3.05) is 13.1 Å². The molecule has 2 atom stereocenters. The highest BCUT2D eigenvalue weighted by molar-refractivity contribution is 5.78. The van der Waals surface area contributed by atoms with Crippen molar-refractivity contribution in [2.24, 2.45) is 11.7 Å². The van der Waals surface area contributed by atoms with Gasteiger partial charge in [0.1, 0.15) is 0 Å². The van der Waals surface area contributed by atoms with Crippen molar-refractivity contribution in [3.63, 3.8) is 0 Å². The summed E-state index contributed by atoms with van der Waals surface area (Å²) >= 11 is 0. The third-order valence-corrected chi connectivity index (χ3v) is 3.17. The maximum Gasteiger partial charge on any atom is 0.308 e. The molecule has 0 bridgehead atoms. The Morgan fingerprint density at radius 1 is 1.53 bits per heavy atom. The summed E-state index contributed by atoms with van der Waals surface area (Å²) in [6, 6.07) is 0.121. The van der Waals surface area contributed by atoms with Gasteiger partial charge in [0.2, 0.25) is 5.91 Å². The lowest BCUT2D eigenvalue weighted by molar-refractivity contribution is -0.145. The van der Waals surface area contributed by atoms with E-state index in [0.29, 0.717) is 25.9 Å².